The summed E-state index contributed by atoms with van der Waals surface area (Å²) in [6.07, 6.45) is 7.85. The van der Waals surface area contributed by atoms with E-state index in [1.807, 2.05) is 11.0 Å². The van der Waals surface area contributed by atoms with Crippen molar-refractivity contribution in [3.8, 4) is 23.3 Å². The highest BCUT2D eigenvalue weighted by Gasteiger charge is 2.34. The number of halogens is 4. The Kier molecular flexibility index (Phi) is 13.2. The number of piperazine rings is 1. The van der Waals surface area contributed by atoms with Gasteiger partial charge >= 0.3 is 6.01 Å². The van der Waals surface area contributed by atoms with Crippen LogP contribution in [0.1, 0.15) is 26.2 Å². The standard InChI is InChI=1S/C30H29ClF2N6O3.C7H12FN.C2H3N/c1-41-30-35-28-21(18-34-27(26(28)33)20-5-2-4-19-7-8-22(32)25(31)24(19)20)29(36-30)39-12-10-38(11-13-39)23(40)6-3-9-37-14-16-42-17-15-37;8-6-4-7-2-1-3-9(7)5-6;1-2-3/h2-8,18H,9-17H2,1H3;6-7H,1-5H2;1H3/b6-3+;;. The number of hydrogen-bond donors (Lipinski definition) is 0. The average Bonchev–Trinajstić information content (AvgIpc) is 3.78. The second kappa shape index (κ2) is 18.2. The van der Waals surface area contributed by atoms with Crippen LogP contribution >= 0.6 is 11.6 Å². The molecule has 15 heteroatoms. The molecule has 8 rings (SSSR count). The van der Waals surface area contributed by atoms with Crippen LogP contribution in [-0.4, -0.2) is 127 Å². The van der Waals surface area contributed by atoms with Gasteiger partial charge in [0, 0.05) is 88.5 Å². The Balaban J connectivity index is 0.000000352. The fourth-order valence-electron chi connectivity index (χ4n) is 7.41. The van der Waals surface area contributed by atoms with Gasteiger partial charge in [0.1, 0.15) is 29.0 Å². The highest BCUT2D eigenvalue weighted by Crippen LogP contribution is 2.38. The molecule has 4 aromatic rings. The second-order valence-corrected chi connectivity index (χ2v) is 13.8. The largest absolute Gasteiger partial charge is 0.467 e. The molecule has 0 aliphatic carbocycles. The van der Waals surface area contributed by atoms with Crippen molar-refractivity contribution < 1.29 is 27.4 Å². The fourth-order valence-corrected chi connectivity index (χ4v) is 7.68. The molecule has 6 heterocycles. The monoisotopic (exact) mass is 764 g/mol. The lowest BCUT2D eigenvalue weighted by Gasteiger charge is -2.35. The van der Waals surface area contributed by atoms with E-state index >= 15 is 4.39 Å². The zero-order valence-electron chi connectivity index (χ0n) is 30.5. The Bertz CT molecular complexity index is 2010. The maximum absolute atomic E-state index is 16.2. The van der Waals surface area contributed by atoms with Crippen molar-refractivity contribution in [2.75, 3.05) is 84.1 Å². The molecule has 11 nitrogen and oxygen atoms in total. The average molecular weight is 765 g/mol. The van der Waals surface area contributed by atoms with Crippen molar-refractivity contribution >= 4 is 45.0 Å². The Morgan fingerprint density at radius 3 is 2.57 bits per heavy atom. The van der Waals surface area contributed by atoms with Crippen LogP contribution in [0.25, 0.3) is 32.9 Å². The van der Waals surface area contributed by atoms with E-state index in [-0.39, 0.29) is 28.2 Å². The highest BCUT2D eigenvalue weighted by molar-refractivity contribution is 6.36. The van der Waals surface area contributed by atoms with E-state index in [1.54, 1.807) is 41.3 Å². The highest BCUT2D eigenvalue weighted by atomic mass is 35.5. The summed E-state index contributed by atoms with van der Waals surface area (Å²) in [4.78, 5) is 34.3. The molecule has 2 aromatic carbocycles. The summed E-state index contributed by atoms with van der Waals surface area (Å²) in [6.45, 7) is 9.06. The van der Waals surface area contributed by atoms with Crippen molar-refractivity contribution in [1.82, 2.24) is 29.7 Å². The van der Waals surface area contributed by atoms with Crippen LogP contribution in [0.3, 0.4) is 0 Å². The number of fused-ring (bicyclic) bond motifs is 3. The first-order valence-corrected chi connectivity index (χ1v) is 18.6. The number of nitriles is 1. The van der Waals surface area contributed by atoms with Gasteiger partial charge < -0.3 is 19.3 Å². The smallest absolute Gasteiger partial charge is 0.318 e. The molecule has 0 N–H and O–H groups in total. The minimum Gasteiger partial charge on any atom is -0.467 e. The Labute approximate surface area is 317 Å². The van der Waals surface area contributed by atoms with Gasteiger partial charge in [-0.1, -0.05) is 41.9 Å². The third kappa shape index (κ3) is 8.87. The van der Waals surface area contributed by atoms with E-state index in [0.717, 1.165) is 26.1 Å². The van der Waals surface area contributed by atoms with Crippen molar-refractivity contribution in [3.63, 3.8) is 0 Å². The second-order valence-electron chi connectivity index (χ2n) is 13.5. The molecule has 4 aliphatic heterocycles. The number of methoxy groups -OCH3 is 1. The molecule has 4 saturated heterocycles. The third-order valence-corrected chi connectivity index (χ3v) is 10.5. The number of aromatic nitrogens is 3. The van der Waals surface area contributed by atoms with E-state index in [2.05, 4.69) is 24.8 Å². The molecule has 286 valence electrons. The summed E-state index contributed by atoms with van der Waals surface area (Å²) in [7, 11) is 1.41. The first-order valence-electron chi connectivity index (χ1n) is 18.2. The first kappa shape index (κ1) is 39.2. The maximum atomic E-state index is 16.2. The van der Waals surface area contributed by atoms with E-state index in [9.17, 15) is 13.6 Å². The van der Waals surface area contributed by atoms with Crippen LogP contribution in [0, 0.1) is 23.0 Å². The van der Waals surface area contributed by atoms with E-state index in [1.165, 1.54) is 39.1 Å². The third-order valence-electron chi connectivity index (χ3n) is 10.1. The number of ether oxygens (including phenoxy) is 2. The minimum absolute atomic E-state index is 0.0000913. The molecule has 0 bridgehead atoms. The summed E-state index contributed by atoms with van der Waals surface area (Å²) >= 11 is 6.31. The molecule has 0 saturated carbocycles. The van der Waals surface area contributed by atoms with Crippen LogP contribution in [0.15, 0.2) is 48.7 Å². The van der Waals surface area contributed by atoms with Crippen LogP contribution in [0.4, 0.5) is 19.0 Å². The summed E-state index contributed by atoms with van der Waals surface area (Å²) < 4.78 is 53.8. The number of rotatable bonds is 6. The van der Waals surface area contributed by atoms with Crippen LogP contribution in [0.2, 0.25) is 5.02 Å². The predicted molar refractivity (Wildman–Crippen MR) is 202 cm³/mol. The van der Waals surface area contributed by atoms with Gasteiger partial charge in [-0.25, -0.2) is 13.2 Å². The number of pyridine rings is 1. The fraction of sp³-hybridized carbons (Fsp3) is 0.462. The first-order chi connectivity index (χ1) is 26.2. The lowest BCUT2D eigenvalue weighted by molar-refractivity contribution is -0.126. The molecule has 0 spiro atoms. The quantitative estimate of drug-likeness (QED) is 0.216. The maximum Gasteiger partial charge on any atom is 0.318 e. The molecule has 4 fully saturated rings. The van der Waals surface area contributed by atoms with Gasteiger partial charge in [-0.3, -0.25) is 19.6 Å². The van der Waals surface area contributed by atoms with Gasteiger partial charge in [0.05, 0.1) is 36.8 Å². The number of benzene rings is 2. The van der Waals surface area contributed by atoms with E-state index < -0.39 is 17.8 Å². The molecule has 2 aromatic heterocycles. The zero-order chi connectivity index (χ0) is 38.2. The van der Waals surface area contributed by atoms with Crippen LogP contribution in [0.5, 0.6) is 6.01 Å². The summed E-state index contributed by atoms with van der Waals surface area (Å²) in [6, 6.07) is 10.4. The molecule has 54 heavy (non-hydrogen) atoms. The number of carbonyl (C=O) groups excluding carboxylic acids is 1. The van der Waals surface area contributed by atoms with Gasteiger partial charge in [0.15, 0.2) is 5.82 Å². The van der Waals surface area contributed by atoms with Crippen molar-refractivity contribution in [2.45, 2.75) is 38.4 Å². The number of anilines is 1. The van der Waals surface area contributed by atoms with Gasteiger partial charge in [0.25, 0.3) is 0 Å². The Hall–Kier alpha value is -4.55. The Morgan fingerprint density at radius 1 is 1.09 bits per heavy atom. The lowest BCUT2D eigenvalue weighted by Crippen LogP contribution is -2.48. The van der Waals surface area contributed by atoms with Crippen molar-refractivity contribution in [3.05, 3.63) is 65.3 Å². The molecule has 0 radical (unpaired) electrons. The summed E-state index contributed by atoms with van der Waals surface area (Å²) in [5, 5.41) is 8.64. The minimum atomic E-state index is -0.693. The molecule has 4 aliphatic rings. The summed E-state index contributed by atoms with van der Waals surface area (Å²) in [5.41, 5.74) is 0.367. The number of morpholine rings is 1. The van der Waals surface area contributed by atoms with Gasteiger partial charge in [-0.2, -0.15) is 15.2 Å². The number of nitrogens with zero attached hydrogens (tertiary/aromatic N) is 8. The van der Waals surface area contributed by atoms with Crippen LogP contribution in [-0.2, 0) is 9.53 Å². The van der Waals surface area contributed by atoms with E-state index in [0.29, 0.717) is 86.1 Å². The van der Waals surface area contributed by atoms with Gasteiger partial charge in [0.2, 0.25) is 5.91 Å². The van der Waals surface area contributed by atoms with Crippen molar-refractivity contribution in [2.24, 2.45) is 0 Å². The molecule has 2 atom stereocenters. The number of alkyl halides is 1. The molecule has 1 amide bonds. The summed E-state index contributed by atoms with van der Waals surface area (Å²) in [5.74, 6) is -0.877. The SMILES string of the molecule is CC#N.COc1nc(N2CCN(C(=O)/C=C/CN3CCOCC3)CC2)c2cnc(-c3cccc4ccc(F)c(Cl)c34)c(F)c2n1.FC1CC2CCCN2C1. The van der Waals surface area contributed by atoms with Gasteiger partial charge in [-0.15, -0.1) is 0 Å². The number of hydrogen-bond acceptors (Lipinski definition) is 10. The molecule has 2 unspecified atom stereocenters. The Morgan fingerprint density at radius 2 is 1.85 bits per heavy atom. The van der Waals surface area contributed by atoms with Crippen LogP contribution < -0.4 is 9.64 Å². The predicted octanol–water partition coefficient (Wildman–Crippen LogP) is 6.04. The zero-order valence-corrected chi connectivity index (χ0v) is 31.2. The van der Waals surface area contributed by atoms with Crippen molar-refractivity contribution in [1.29, 1.82) is 5.26 Å². The lowest BCUT2D eigenvalue weighted by atomic mass is 10.0. The normalized spacial score (nSPS) is 20.3. The molecular formula is C39H44ClF3N8O3. The topological polar surface area (TPSA) is 111 Å². The number of carbonyl (C=O) groups is 1. The van der Waals surface area contributed by atoms with E-state index in [4.69, 9.17) is 26.3 Å². The number of amides is 1. The van der Waals surface area contributed by atoms with Gasteiger partial charge in [-0.05, 0) is 37.3 Å². The molecular weight excluding hydrogens is 721 g/mol.